The van der Waals surface area contributed by atoms with Crippen molar-refractivity contribution in [3.05, 3.63) is 94.0 Å². The van der Waals surface area contributed by atoms with Gasteiger partial charge in [-0.05, 0) is 42.0 Å². The molecule has 0 spiro atoms. The highest BCUT2D eigenvalue weighted by Crippen LogP contribution is 2.51. The van der Waals surface area contributed by atoms with Crippen molar-refractivity contribution in [2.24, 2.45) is 11.8 Å². The number of non-ortho nitro benzene ring substituents is 1. The number of nitrogens with zero attached hydrogens (tertiary/aromatic N) is 3. The lowest BCUT2D eigenvalue weighted by Gasteiger charge is -2.36. The van der Waals surface area contributed by atoms with Gasteiger partial charge in [0.1, 0.15) is 23.2 Å². The van der Waals surface area contributed by atoms with E-state index in [4.69, 9.17) is 9.47 Å². The van der Waals surface area contributed by atoms with Gasteiger partial charge in [0.25, 0.3) is 5.69 Å². The molecule has 2 fully saturated rings. The number of para-hydroxylation sites is 1. The third-order valence-corrected chi connectivity index (χ3v) is 7.70. The number of ketones is 1. The number of imide groups is 1. The minimum absolute atomic E-state index is 0.0465. The van der Waals surface area contributed by atoms with Crippen LogP contribution < -0.4 is 19.3 Å². The van der Waals surface area contributed by atoms with E-state index >= 15 is 0 Å². The average Bonchev–Trinajstić information content (AvgIpc) is 3.44. The molecular weight excluding hydrogens is 530 g/mol. The maximum atomic E-state index is 14.2. The van der Waals surface area contributed by atoms with Crippen LogP contribution in [0.25, 0.3) is 6.08 Å². The van der Waals surface area contributed by atoms with Crippen molar-refractivity contribution < 1.29 is 33.6 Å². The Morgan fingerprint density at radius 2 is 1.63 bits per heavy atom. The molecule has 206 valence electrons. The monoisotopic (exact) mass is 553 g/mol. The Hall–Kier alpha value is -5.32. The van der Waals surface area contributed by atoms with E-state index in [0.717, 1.165) is 16.5 Å². The van der Waals surface area contributed by atoms with Crippen LogP contribution in [0.1, 0.15) is 22.8 Å². The second kappa shape index (κ2) is 9.70. The Bertz CT molecular complexity index is 1660. The van der Waals surface area contributed by atoms with Crippen molar-refractivity contribution in [2.45, 2.75) is 19.0 Å². The first-order valence-corrected chi connectivity index (χ1v) is 12.8. The normalized spacial score (nSPS) is 22.2. The van der Waals surface area contributed by atoms with Crippen molar-refractivity contribution in [1.29, 1.82) is 0 Å². The molecule has 0 unspecified atom stereocenters. The van der Waals surface area contributed by atoms with Crippen LogP contribution in [0.15, 0.2) is 72.8 Å². The standard InChI is InChI=1S/C30H23N3O8/c1-16(34)41-20-11-7-18(8-12-20)28(35)27-26-25(22-13-9-17-5-3-4-6-21(17)31(22)27)29(36)32(30(26)37)23-15-19(33(38)39)10-14-24(23)40-2/h3-15,22,25-27H,1-2H3/t22-,25-,26+,27-/m1/s1. The Balaban J connectivity index is 1.46. The molecule has 4 atom stereocenters. The number of hydrogen-bond donors (Lipinski definition) is 0. The number of nitro benzene ring substituents is 1. The fourth-order valence-corrected chi connectivity index (χ4v) is 6.04. The number of carbonyl (C=O) groups excluding carboxylic acids is 4. The molecule has 41 heavy (non-hydrogen) atoms. The number of hydrogen-bond acceptors (Lipinski definition) is 9. The Labute approximate surface area is 233 Å². The molecule has 3 aromatic rings. The second-order valence-corrected chi connectivity index (χ2v) is 9.92. The van der Waals surface area contributed by atoms with Crippen LogP contribution in [-0.4, -0.2) is 47.7 Å². The van der Waals surface area contributed by atoms with Gasteiger partial charge in [0.15, 0.2) is 5.78 Å². The van der Waals surface area contributed by atoms with E-state index in [1.54, 1.807) is 0 Å². The lowest BCUT2D eigenvalue weighted by atomic mass is 9.86. The summed E-state index contributed by atoms with van der Waals surface area (Å²) in [6, 6.07) is 15.4. The van der Waals surface area contributed by atoms with E-state index in [-0.39, 0.29) is 28.4 Å². The summed E-state index contributed by atoms with van der Waals surface area (Å²) in [5.74, 6) is -3.74. The van der Waals surface area contributed by atoms with Gasteiger partial charge < -0.3 is 14.4 Å². The van der Waals surface area contributed by atoms with E-state index in [2.05, 4.69) is 0 Å². The molecule has 3 aromatic carbocycles. The fraction of sp³-hybridized carbons (Fsp3) is 0.200. The van der Waals surface area contributed by atoms with Gasteiger partial charge in [-0.3, -0.25) is 29.3 Å². The number of benzene rings is 3. The highest BCUT2D eigenvalue weighted by Gasteiger charge is 2.64. The van der Waals surface area contributed by atoms with E-state index in [0.29, 0.717) is 5.69 Å². The van der Waals surface area contributed by atoms with Gasteiger partial charge in [-0.25, -0.2) is 4.90 Å². The number of esters is 1. The maximum absolute atomic E-state index is 14.2. The zero-order chi connectivity index (χ0) is 29.0. The van der Waals surface area contributed by atoms with Crippen molar-refractivity contribution in [3.63, 3.8) is 0 Å². The Kier molecular flexibility index (Phi) is 6.14. The molecule has 3 aliphatic rings. The molecule has 2 amide bonds. The van der Waals surface area contributed by atoms with Crippen molar-refractivity contribution in [3.8, 4) is 11.5 Å². The highest BCUT2D eigenvalue weighted by atomic mass is 16.6. The average molecular weight is 554 g/mol. The molecule has 11 heteroatoms. The van der Waals surface area contributed by atoms with Gasteiger partial charge in [-0.2, -0.15) is 0 Å². The summed E-state index contributed by atoms with van der Waals surface area (Å²) in [6.45, 7) is 1.27. The van der Waals surface area contributed by atoms with Crippen molar-refractivity contribution in [1.82, 2.24) is 0 Å². The van der Waals surface area contributed by atoms with Crippen LogP contribution in [0, 0.1) is 22.0 Å². The minimum atomic E-state index is -1.08. The number of rotatable bonds is 6. The predicted molar refractivity (Wildman–Crippen MR) is 147 cm³/mol. The zero-order valence-corrected chi connectivity index (χ0v) is 21.9. The lowest BCUT2D eigenvalue weighted by Crippen LogP contribution is -2.48. The number of methoxy groups -OCH3 is 1. The van der Waals surface area contributed by atoms with Gasteiger partial charge >= 0.3 is 5.97 Å². The van der Waals surface area contributed by atoms with E-state index in [1.807, 2.05) is 41.3 Å². The number of anilines is 2. The second-order valence-electron chi connectivity index (χ2n) is 9.92. The lowest BCUT2D eigenvalue weighted by molar-refractivity contribution is -0.384. The molecule has 0 aromatic heterocycles. The van der Waals surface area contributed by atoms with E-state index in [9.17, 15) is 29.3 Å². The smallest absolute Gasteiger partial charge is 0.308 e. The molecule has 0 aliphatic carbocycles. The summed E-state index contributed by atoms with van der Waals surface area (Å²) < 4.78 is 10.4. The van der Waals surface area contributed by atoms with Crippen LogP contribution >= 0.6 is 0 Å². The Morgan fingerprint density at radius 3 is 2.32 bits per heavy atom. The molecule has 3 aliphatic heterocycles. The first-order valence-electron chi connectivity index (χ1n) is 12.8. The molecule has 2 saturated heterocycles. The number of fused-ring (bicyclic) bond motifs is 5. The number of amides is 2. The van der Waals surface area contributed by atoms with Crippen molar-refractivity contribution in [2.75, 3.05) is 16.9 Å². The van der Waals surface area contributed by atoms with Crippen LogP contribution in [0.5, 0.6) is 11.5 Å². The van der Waals surface area contributed by atoms with Crippen LogP contribution in [-0.2, 0) is 14.4 Å². The molecule has 0 N–H and O–H groups in total. The van der Waals surface area contributed by atoms with Crippen molar-refractivity contribution >= 4 is 46.7 Å². The van der Waals surface area contributed by atoms with E-state index < -0.39 is 52.4 Å². The fourth-order valence-electron chi connectivity index (χ4n) is 6.04. The first kappa shape index (κ1) is 25.9. The van der Waals surface area contributed by atoms with Gasteiger partial charge in [-0.15, -0.1) is 0 Å². The van der Waals surface area contributed by atoms with E-state index in [1.165, 1.54) is 50.4 Å². The minimum Gasteiger partial charge on any atom is -0.495 e. The summed E-state index contributed by atoms with van der Waals surface area (Å²) in [4.78, 5) is 67.3. The third-order valence-electron chi connectivity index (χ3n) is 7.70. The molecule has 0 radical (unpaired) electrons. The summed E-state index contributed by atoms with van der Waals surface area (Å²) in [7, 11) is 1.34. The molecule has 0 bridgehead atoms. The topological polar surface area (TPSA) is 136 Å². The SMILES string of the molecule is COc1ccc([N+](=O)[O-])cc1N1C(=O)[C@H]2[C@H](C1=O)[C@H](C(=O)c1ccc(OC(C)=O)cc1)N1c3ccccc3C=C[C@H]21. The quantitative estimate of drug-likeness (QED) is 0.111. The van der Waals surface area contributed by atoms with Crippen LogP contribution in [0.2, 0.25) is 0 Å². The predicted octanol–water partition coefficient (Wildman–Crippen LogP) is 3.80. The first-order chi connectivity index (χ1) is 19.7. The van der Waals surface area contributed by atoms with Gasteiger partial charge in [0, 0.05) is 30.3 Å². The van der Waals surface area contributed by atoms with Gasteiger partial charge in [0.05, 0.1) is 29.9 Å². The molecule has 6 rings (SSSR count). The van der Waals surface area contributed by atoms with Crippen LogP contribution in [0.3, 0.4) is 0 Å². The molecular formula is C30H23N3O8. The molecule has 0 saturated carbocycles. The van der Waals surface area contributed by atoms with Gasteiger partial charge in [0.2, 0.25) is 11.8 Å². The highest BCUT2D eigenvalue weighted by molar-refractivity contribution is 6.26. The Morgan fingerprint density at radius 1 is 0.927 bits per heavy atom. The van der Waals surface area contributed by atoms with Gasteiger partial charge in [-0.1, -0.05) is 30.4 Å². The summed E-state index contributed by atoms with van der Waals surface area (Å²) >= 11 is 0. The summed E-state index contributed by atoms with van der Waals surface area (Å²) in [5.41, 5.74) is 1.46. The largest absolute Gasteiger partial charge is 0.495 e. The number of ether oxygens (including phenoxy) is 2. The third kappa shape index (κ3) is 4.05. The molecule has 3 heterocycles. The number of carbonyl (C=O) groups is 4. The zero-order valence-electron chi connectivity index (χ0n) is 21.9. The molecule has 11 nitrogen and oxygen atoms in total. The summed E-state index contributed by atoms with van der Waals surface area (Å²) in [6.07, 6.45) is 3.68. The summed E-state index contributed by atoms with van der Waals surface area (Å²) in [5, 5.41) is 11.5. The maximum Gasteiger partial charge on any atom is 0.308 e. The van der Waals surface area contributed by atoms with Crippen LogP contribution in [0.4, 0.5) is 17.1 Å². The number of nitro groups is 1. The number of Topliss-reactive ketones (excluding diaryl/α,β-unsaturated/α-hetero) is 1.